The van der Waals surface area contributed by atoms with Crippen molar-refractivity contribution in [2.75, 3.05) is 12.8 Å². The van der Waals surface area contributed by atoms with Gasteiger partial charge in [-0.2, -0.15) is 4.31 Å². The van der Waals surface area contributed by atoms with E-state index >= 15 is 0 Å². The maximum atomic E-state index is 11.5. The van der Waals surface area contributed by atoms with Gasteiger partial charge in [-0.05, 0) is 25.2 Å². The van der Waals surface area contributed by atoms with Crippen molar-refractivity contribution in [1.29, 1.82) is 0 Å². The maximum absolute atomic E-state index is 11.5. The number of rotatable bonds is 5. The first-order valence-corrected chi connectivity index (χ1v) is 7.23. The zero-order valence-corrected chi connectivity index (χ0v) is 10.2. The van der Waals surface area contributed by atoms with Crippen molar-refractivity contribution < 1.29 is 8.42 Å². The van der Waals surface area contributed by atoms with Gasteiger partial charge in [-0.3, -0.25) is 0 Å². The minimum absolute atomic E-state index is 0.295. The second-order valence-electron chi connectivity index (χ2n) is 4.64. The topological polar surface area (TPSA) is 37.4 Å². The number of nitrogens with zero attached hydrogens (tertiary/aromatic N) is 1. The Labute approximate surface area is 87.5 Å². The molecular formula is C10H21NO2S. The van der Waals surface area contributed by atoms with Gasteiger partial charge in [-0.15, -0.1) is 0 Å². The van der Waals surface area contributed by atoms with Gasteiger partial charge < -0.3 is 0 Å². The van der Waals surface area contributed by atoms with Crippen LogP contribution in [0.5, 0.6) is 0 Å². The molecular weight excluding hydrogens is 198 g/mol. The molecule has 1 fully saturated rings. The van der Waals surface area contributed by atoms with Crippen LogP contribution >= 0.6 is 0 Å². The zero-order chi connectivity index (χ0) is 10.8. The first-order valence-electron chi connectivity index (χ1n) is 5.38. The minimum atomic E-state index is -2.99. The Morgan fingerprint density at radius 3 is 2.21 bits per heavy atom. The molecule has 4 heteroatoms. The highest BCUT2D eigenvalue weighted by Gasteiger charge is 2.30. The van der Waals surface area contributed by atoms with Gasteiger partial charge in [0.05, 0.1) is 6.26 Å². The zero-order valence-electron chi connectivity index (χ0n) is 9.36. The Hall–Kier alpha value is -0.0900. The summed E-state index contributed by atoms with van der Waals surface area (Å²) in [7, 11) is -2.99. The average molecular weight is 219 g/mol. The van der Waals surface area contributed by atoms with Crippen LogP contribution in [-0.4, -0.2) is 31.6 Å². The summed E-state index contributed by atoms with van der Waals surface area (Å²) in [6.07, 6.45) is 5.56. The largest absolute Gasteiger partial charge is 0.212 e. The van der Waals surface area contributed by atoms with E-state index in [2.05, 4.69) is 13.8 Å². The average Bonchev–Trinajstić information content (AvgIpc) is 1.90. The summed E-state index contributed by atoms with van der Waals surface area (Å²) in [6, 6.07) is 0.295. The SMILES string of the molecule is CC(C)CCN(C1CCC1)S(C)(=O)=O. The predicted molar refractivity (Wildman–Crippen MR) is 58.6 cm³/mol. The fourth-order valence-electron chi connectivity index (χ4n) is 1.68. The quantitative estimate of drug-likeness (QED) is 0.707. The summed E-state index contributed by atoms with van der Waals surface area (Å²) in [4.78, 5) is 0. The van der Waals surface area contributed by atoms with E-state index in [0.717, 1.165) is 19.3 Å². The highest BCUT2D eigenvalue weighted by Crippen LogP contribution is 2.27. The number of hydrogen-bond acceptors (Lipinski definition) is 2. The Morgan fingerprint density at radius 2 is 1.93 bits per heavy atom. The van der Waals surface area contributed by atoms with Gasteiger partial charge in [0.2, 0.25) is 10.0 Å². The van der Waals surface area contributed by atoms with E-state index in [1.807, 2.05) is 0 Å². The summed E-state index contributed by atoms with van der Waals surface area (Å²) in [6.45, 7) is 4.95. The lowest BCUT2D eigenvalue weighted by Crippen LogP contribution is -2.44. The van der Waals surface area contributed by atoms with Crippen molar-refractivity contribution in [2.45, 2.75) is 45.6 Å². The summed E-state index contributed by atoms with van der Waals surface area (Å²) in [5, 5.41) is 0. The molecule has 0 saturated heterocycles. The fraction of sp³-hybridized carbons (Fsp3) is 1.00. The van der Waals surface area contributed by atoms with E-state index in [9.17, 15) is 8.42 Å². The van der Waals surface area contributed by atoms with Crippen LogP contribution in [0.3, 0.4) is 0 Å². The van der Waals surface area contributed by atoms with E-state index in [1.165, 1.54) is 12.7 Å². The third kappa shape index (κ3) is 3.24. The fourth-order valence-corrected chi connectivity index (χ4v) is 2.87. The number of hydrogen-bond donors (Lipinski definition) is 0. The Kier molecular flexibility index (Phi) is 3.95. The Bertz CT molecular complexity index is 268. The molecule has 14 heavy (non-hydrogen) atoms. The van der Waals surface area contributed by atoms with Crippen LogP contribution in [0, 0.1) is 5.92 Å². The molecule has 1 saturated carbocycles. The van der Waals surface area contributed by atoms with Crippen LogP contribution < -0.4 is 0 Å². The molecule has 0 radical (unpaired) electrons. The van der Waals surface area contributed by atoms with Crippen molar-refractivity contribution >= 4 is 10.0 Å². The van der Waals surface area contributed by atoms with Crippen molar-refractivity contribution in [3.63, 3.8) is 0 Å². The Balaban J connectivity index is 2.53. The highest BCUT2D eigenvalue weighted by molar-refractivity contribution is 7.88. The van der Waals surface area contributed by atoms with Crippen molar-refractivity contribution in [2.24, 2.45) is 5.92 Å². The normalized spacial score (nSPS) is 18.9. The van der Waals surface area contributed by atoms with Crippen LogP contribution in [0.15, 0.2) is 0 Å². The number of sulfonamides is 1. The molecule has 1 rings (SSSR count). The molecule has 0 bridgehead atoms. The molecule has 0 spiro atoms. The second-order valence-corrected chi connectivity index (χ2v) is 6.58. The lowest BCUT2D eigenvalue weighted by molar-refractivity contribution is 0.213. The van der Waals surface area contributed by atoms with Crippen LogP contribution in [0.2, 0.25) is 0 Å². The minimum Gasteiger partial charge on any atom is -0.212 e. The first kappa shape index (κ1) is 12.0. The van der Waals surface area contributed by atoms with Crippen molar-refractivity contribution in [3.8, 4) is 0 Å². The molecule has 0 amide bonds. The van der Waals surface area contributed by atoms with Gasteiger partial charge in [-0.25, -0.2) is 8.42 Å². The summed E-state index contributed by atoms with van der Waals surface area (Å²) < 4.78 is 24.7. The third-order valence-corrected chi connectivity index (χ3v) is 4.17. The maximum Gasteiger partial charge on any atom is 0.211 e. The van der Waals surface area contributed by atoms with Gasteiger partial charge in [0.25, 0.3) is 0 Å². The molecule has 0 aliphatic heterocycles. The molecule has 0 N–H and O–H groups in total. The third-order valence-electron chi connectivity index (χ3n) is 2.83. The molecule has 0 heterocycles. The van der Waals surface area contributed by atoms with Crippen molar-refractivity contribution in [1.82, 2.24) is 4.31 Å². The molecule has 1 aliphatic carbocycles. The monoisotopic (exact) mass is 219 g/mol. The van der Waals surface area contributed by atoms with Gasteiger partial charge in [0.1, 0.15) is 0 Å². The molecule has 0 unspecified atom stereocenters. The smallest absolute Gasteiger partial charge is 0.211 e. The van der Waals surface area contributed by atoms with Crippen LogP contribution in [0.4, 0.5) is 0 Å². The molecule has 84 valence electrons. The van der Waals surface area contributed by atoms with E-state index in [-0.39, 0.29) is 0 Å². The summed E-state index contributed by atoms with van der Waals surface area (Å²) >= 11 is 0. The van der Waals surface area contributed by atoms with Gasteiger partial charge in [-0.1, -0.05) is 20.3 Å². The van der Waals surface area contributed by atoms with Crippen LogP contribution in [0.25, 0.3) is 0 Å². The lowest BCUT2D eigenvalue weighted by atomic mass is 9.93. The molecule has 0 aromatic carbocycles. The second kappa shape index (κ2) is 4.62. The molecule has 0 atom stereocenters. The van der Waals surface area contributed by atoms with Gasteiger partial charge >= 0.3 is 0 Å². The first-order chi connectivity index (χ1) is 6.41. The Morgan fingerprint density at radius 1 is 1.36 bits per heavy atom. The van der Waals surface area contributed by atoms with Crippen LogP contribution in [-0.2, 0) is 10.0 Å². The molecule has 3 nitrogen and oxygen atoms in total. The standard InChI is InChI=1S/C10H21NO2S/c1-9(2)7-8-11(14(3,12)13)10-5-4-6-10/h9-10H,4-8H2,1-3H3. The van der Waals surface area contributed by atoms with Crippen molar-refractivity contribution in [3.05, 3.63) is 0 Å². The van der Waals surface area contributed by atoms with E-state index in [0.29, 0.717) is 18.5 Å². The summed E-state index contributed by atoms with van der Waals surface area (Å²) in [5.41, 5.74) is 0. The molecule has 1 aliphatic rings. The van der Waals surface area contributed by atoms with Gasteiger partial charge in [0, 0.05) is 12.6 Å². The highest BCUT2D eigenvalue weighted by atomic mass is 32.2. The summed E-state index contributed by atoms with van der Waals surface area (Å²) in [5.74, 6) is 0.569. The molecule has 0 aromatic rings. The van der Waals surface area contributed by atoms with Gasteiger partial charge in [0.15, 0.2) is 0 Å². The van der Waals surface area contributed by atoms with E-state index in [1.54, 1.807) is 4.31 Å². The van der Waals surface area contributed by atoms with Crippen LogP contribution in [0.1, 0.15) is 39.5 Å². The van der Waals surface area contributed by atoms with E-state index < -0.39 is 10.0 Å². The molecule has 0 aromatic heterocycles. The predicted octanol–water partition coefficient (Wildman–Crippen LogP) is 1.85. The lowest BCUT2D eigenvalue weighted by Gasteiger charge is -2.36. The van der Waals surface area contributed by atoms with E-state index in [4.69, 9.17) is 0 Å².